The van der Waals surface area contributed by atoms with Crippen molar-refractivity contribution >= 4 is 27.3 Å². The van der Waals surface area contributed by atoms with Gasteiger partial charge in [0.1, 0.15) is 5.82 Å². The third-order valence-electron chi connectivity index (χ3n) is 5.92. The molecule has 0 unspecified atom stereocenters. The smallest absolute Gasteiger partial charge is 0.261 e. The maximum Gasteiger partial charge on any atom is 0.261 e. The first-order chi connectivity index (χ1) is 11.4. The molecule has 3 aliphatic rings. The van der Waals surface area contributed by atoms with Crippen LogP contribution in [0.2, 0.25) is 0 Å². The molecule has 3 fully saturated rings. The lowest BCUT2D eigenvalue weighted by molar-refractivity contribution is -0.0377. The number of piperidine rings is 3. The molecule has 0 aliphatic carbocycles. The Hall–Kier alpha value is -1.46. The number of hydrogen-bond acceptors (Lipinski definition) is 3. The molecule has 3 saturated heterocycles. The van der Waals surface area contributed by atoms with Crippen molar-refractivity contribution in [3.8, 4) is 0 Å². The second-order valence-corrected chi connectivity index (χ2v) is 8.71. The van der Waals surface area contributed by atoms with E-state index in [1.54, 1.807) is 13.0 Å². The fourth-order valence-electron chi connectivity index (χ4n) is 4.37. The van der Waals surface area contributed by atoms with Gasteiger partial charge in [0.25, 0.3) is 5.91 Å². The van der Waals surface area contributed by atoms with Crippen LogP contribution in [0.3, 0.4) is 0 Å². The van der Waals surface area contributed by atoms with Crippen molar-refractivity contribution in [2.45, 2.75) is 45.2 Å². The highest BCUT2D eigenvalue weighted by Gasteiger charge is 2.48. The summed E-state index contributed by atoms with van der Waals surface area (Å²) >= 11 is 1.25. The summed E-state index contributed by atoms with van der Waals surface area (Å²) < 4.78 is 14.8. The first kappa shape index (κ1) is 16.0. The van der Waals surface area contributed by atoms with Crippen LogP contribution in [0.25, 0.3) is 10.1 Å². The molecule has 4 heterocycles. The number of aryl methyl sites for hydroxylation is 1. The van der Waals surface area contributed by atoms with Gasteiger partial charge in [0, 0.05) is 11.6 Å². The minimum Gasteiger partial charge on any atom is -0.346 e. The van der Waals surface area contributed by atoms with Gasteiger partial charge < -0.3 is 5.32 Å². The zero-order valence-corrected chi connectivity index (χ0v) is 15.2. The van der Waals surface area contributed by atoms with E-state index in [0.29, 0.717) is 21.1 Å². The number of rotatable bonds is 2. The standard InChI is InChI=1S/C19H23FN2OS/c1-11-4-5-13-10-14(24-16(13)15(11)20)18(23)21-17-12-6-8-22(9-7-12)19(17,2)3/h4-5,10,12,17H,6-9H2,1-3H3,(H,21,23)/t17-/m1/s1. The van der Waals surface area contributed by atoms with Crippen LogP contribution >= 0.6 is 11.3 Å². The summed E-state index contributed by atoms with van der Waals surface area (Å²) in [5.41, 5.74) is 0.602. The Balaban J connectivity index is 1.61. The van der Waals surface area contributed by atoms with Gasteiger partial charge in [-0.15, -0.1) is 11.3 Å². The van der Waals surface area contributed by atoms with Crippen molar-refractivity contribution in [2.24, 2.45) is 5.92 Å². The second-order valence-electron chi connectivity index (χ2n) is 7.65. The van der Waals surface area contributed by atoms with Gasteiger partial charge in [-0.05, 0) is 69.6 Å². The van der Waals surface area contributed by atoms with E-state index in [9.17, 15) is 9.18 Å². The molecule has 24 heavy (non-hydrogen) atoms. The highest BCUT2D eigenvalue weighted by molar-refractivity contribution is 7.20. The number of nitrogens with one attached hydrogen (secondary N) is 1. The molecular formula is C19H23FN2OS. The van der Waals surface area contributed by atoms with Gasteiger partial charge in [0.2, 0.25) is 0 Å². The molecule has 2 bridgehead atoms. The fraction of sp³-hybridized carbons (Fsp3) is 0.526. The van der Waals surface area contributed by atoms with E-state index in [-0.39, 0.29) is 23.3 Å². The van der Waals surface area contributed by atoms with Crippen LogP contribution in [0, 0.1) is 18.7 Å². The van der Waals surface area contributed by atoms with Crippen molar-refractivity contribution in [2.75, 3.05) is 13.1 Å². The van der Waals surface area contributed by atoms with Crippen molar-refractivity contribution in [3.63, 3.8) is 0 Å². The number of benzene rings is 1. The first-order valence-electron chi connectivity index (χ1n) is 8.62. The molecule has 128 valence electrons. The van der Waals surface area contributed by atoms with Crippen LogP contribution in [0.15, 0.2) is 18.2 Å². The third-order valence-corrected chi connectivity index (χ3v) is 7.06. The summed E-state index contributed by atoms with van der Waals surface area (Å²) in [6.45, 7) is 8.44. The quantitative estimate of drug-likeness (QED) is 0.893. The molecule has 1 aromatic carbocycles. The number of thiophene rings is 1. The molecule has 0 radical (unpaired) electrons. The van der Waals surface area contributed by atoms with E-state index < -0.39 is 0 Å². The number of nitrogens with zero attached hydrogens (tertiary/aromatic N) is 1. The van der Waals surface area contributed by atoms with E-state index in [0.717, 1.165) is 31.3 Å². The van der Waals surface area contributed by atoms with Crippen LogP contribution in [0.5, 0.6) is 0 Å². The molecule has 3 nitrogen and oxygen atoms in total. The Kier molecular flexibility index (Phi) is 3.69. The minimum atomic E-state index is -0.209. The number of carbonyl (C=O) groups is 1. The molecule has 5 rings (SSSR count). The Morgan fingerprint density at radius 3 is 2.71 bits per heavy atom. The Morgan fingerprint density at radius 2 is 2.04 bits per heavy atom. The van der Waals surface area contributed by atoms with Crippen LogP contribution in [0.1, 0.15) is 41.9 Å². The van der Waals surface area contributed by atoms with Gasteiger partial charge in [-0.25, -0.2) is 4.39 Å². The average Bonchev–Trinajstić information content (AvgIpc) is 3.00. The van der Waals surface area contributed by atoms with Crippen molar-refractivity contribution in [1.82, 2.24) is 10.2 Å². The monoisotopic (exact) mass is 346 g/mol. The van der Waals surface area contributed by atoms with E-state index in [1.807, 2.05) is 12.1 Å². The molecule has 3 aliphatic heterocycles. The summed E-state index contributed by atoms with van der Waals surface area (Å²) in [4.78, 5) is 15.9. The Morgan fingerprint density at radius 1 is 1.33 bits per heavy atom. The number of fused-ring (bicyclic) bond motifs is 4. The largest absolute Gasteiger partial charge is 0.346 e. The lowest BCUT2D eigenvalue weighted by atomic mass is 9.72. The summed E-state index contributed by atoms with van der Waals surface area (Å²) in [5.74, 6) is 0.266. The molecule has 5 heteroatoms. The topological polar surface area (TPSA) is 32.3 Å². The minimum absolute atomic E-state index is 0.0185. The highest BCUT2D eigenvalue weighted by Crippen LogP contribution is 2.39. The maximum absolute atomic E-state index is 14.3. The van der Waals surface area contributed by atoms with Crippen LogP contribution in [0.4, 0.5) is 4.39 Å². The first-order valence-corrected chi connectivity index (χ1v) is 9.44. The average molecular weight is 346 g/mol. The Bertz CT molecular complexity index is 805. The van der Waals surface area contributed by atoms with Gasteiger partial charge in [-0.3, -0.25) is 9.69 Å². The lowest BCUT2D eigenvalue weighted by Gasteiger charge is -2.56. The van der Waals surface area contributed by atoms with Crippen molar-refractivity contribution in [3.05, 3.63) is 34.5 Å². The zero-order chi connectivity index (χ0) is 17.1. The predicted octanol–water partition coefficient (Wildman–Crippen LogP) is 3.95. The second kappa shape index (κ2) is 5.53. The maximum atomic E-state index is 14.3. The van der Waals surface area contributed by atoms with Crippen LogP contribution in [-0.4, -0.2) is 35.5 Å². The normalized spacial score (nSPS) is 28.2. The summed E-state index contributed by atoms with van der Waals surface area (Å²) in [7, 11) is 0. The van der Waals surface area contributed by atoms with Crippen LogP contribution in [-0.2, 0) is 0 Å². The molecule has 1 N–H and O–H groups in total. The highest BCUT2D eigenvalue weighted by atomic mass is 32.1. The van der Waals surface area contributed by atoms with Crippen molar-refractivity contribution in [1.29, 1.82) is 0 Å². The van der Waals surface area contributed by atoms with Gasteiger partial charge in [0.05, 0.1) is 9.58 Å². The predicted molar refractivity (Wildman–Crippen MR) is 96.2 cm³/mol. The molecule has 2 aromatic rings. The number of hydrogen-bond donors (Lipinski definition) is 1. The number of amides is 1. The number of carbonyl (C=O) groups excluding carboxylic acids is 1. The lowest BCUT2D eigenvalue weighted by Crippen LogP contribution is -2.69. The molecule has 1 amide bonds. The molecule has 1 atom stereocenters. The molecule has 0 saturated carbocycles. The van der Waals surface area contributed by atoms with Gasteiger partial charge in [-0.2, -0.15) is 0 Å². The summed E-state index contributed by atoms with van der Waals surface area (Å²) in [6, 6.07) is 5.62. The molecular weight excluding hydrogens is 323 g/mol. The molecule has 0 spiro atoms. The van der Waals surface area contributed by atoms with E-state index in [2.05, 4.69) is 24.1 Å². The van der Waals surface area contributed by atoms with Gasteiger partial charge in [-0.1, -0.05) is 12.1 Å². The van der Waals surface area contributed by atoms with Gasteiger partial charge >= 0.3 is 0 Å². The zero-order valence-electron chi connectivity index (χ0n) is 14.4. The van der Waals surface area contributed by atoms with E-state index in [1.165, 1.54) is 11.3 Å². The number of halogens is 1. The van der Waals surface area contributed by atoms with Gasteiger partial charge in [0.15, 0.2) is 0 Å². The molecule has 1 aromatic heterocycles. The van der Waals surface area contributed by atoms with E-state index >= 15 is 0 Å². The van der Waals surface area contributed by atoms with Crippen LogP contribution < -0.4 is 5.32 Å². The summed E-state index contributed by atoms with van der Waals surface area (Å²) in [5, 5.41) is 4.07. The summed E-state index contributed by atoms with van der Waals surface area (Å²) in [6.07, 6.45) is 2.29. The SMILES string of the molecule is Cc1ccc2cc(C(=O)N[C@@H]3C4CCN(CC4)C3(C)C)sc2c1F. The fourth-order valence-corrected chi connectivity index (χ4v) is 5.42. The van der Waals surface area contributed by atoms with Crippen molar-refractivity contribution < 1.29 is 9.18 Å². The van der Waals surface area contributed by atoms with E-state index in [4.69, 9.17) is 0 Å². The third kappa shape index (κ3) is 2.37. The Labute approximate surface area is 145 Å².